The monoisotopic (exact) mass is 439 g/mol. The number of morpholine rings is 1. The van der Waals surface area contributed by atoms with Crippen LogP contribution in [0, 0.1) is 0 Å². The second kappa shape index (κ2) is 8.06. The van der Waals surface area contributed by atoms with Gasteiger partial charge in [-0.1, -0.05) is 6.07 Å². The van der Waals surface area contributed by atoms with Gasteiger partial charge in [0.25, 0.3) is 5.91 Å². The van der Waals surface area contributed by atoms with Crippen LogP contribution in [-0.2, 0) is 16.9 Å². The van der Waals surface area contributed by atoms with Gasteiger partial charge in [0.2, 0.25) is 6.79 Å². The molecule has 9 heteroatoms. The van der Waals surface area contributed by atoms with Crippen LogP contribution in [0.3, 0.4) is 0 Å². The first kappa shape index (κ1) is 20.0. The maximum atomic E-state index is 12.8. The third-order valence-corrected chi connectivity index (χ3v) is 7.06. The number of hydrogen-bond acceptors (Lipinski definition) is 7. The lowest BCUT2D eigenvalue weighted by molar-refractivity contribution is 0.0300. The molecule has 0 unspecified atom stereocenters. The van der Waals surface area contributed by atoms with E-state index in [-0.39, 0.29) is 11.6 Å². The number of benzene rings is 1. The number of nitrogens with zero attached hydrogens (tertiary/aromatic N) is 5. The molecular formula is C23H29N5O4. The summed E-state index contributed by atoms with van der Waals surface area (Å²) < 4.78 is 18.3. The highest BCUT2D eigenvalue weighted by atomic mass is 16.7. The quantitative estimate of drug-likeness (QED) is 0.696. The third-order valence-electron chi connectivity index (χ3n) is 7.06. The Kier molecular flexibility index (Phi) is 5.04. The topological polar surface area (TPSA) is 72.3 Å². The number of aromatic nitrogens is 2. The molecule has 0 radical (unpaired) electrons. The van der Waals surface area contributed by atoms with Crippen molar-refractivity contribution in [3.05, 3.63) is 41.7 Å². The fraction of sp³-hybridized carbons (Fsp3) is 0.565. The molecule has 0 atom stereocenters. The van der Waals surface area contributed by atoms with Crippen LogP contribution in [0.1, 0.15) is 28.8 Å². The summed E-state index contributed by atoms with van der Waals surface area (Å²) in [5.74, 6) is 1.74. The minimum atomic E-state index is -0.0611. The van der Waals surface area contributed by atoms with E-state index in [4.69, 9.17) is 14.2 Å². The molecule has 4 heterocycles. The van der Waals surface area contributed by atoms with E-state index in [0.29, 0.717) is 38.7 Å². The highest BCUT2D eigenvalue weighted by Gasteiger charge is 2.51. The van der Waals surface area contributed by atoms with E-state index in [1.807, 2.05) is 21.8 Å². The number of piperazine rings is 1. The zero-order valence-electron chi connectivity index (χ0n) is 18.2. The van der Waals surface area contributed by atoms with Gasteiger partial charge in [-0.3, -0.25) is 19.3 Å². The van der Waals surface area contributed by atoms with E-state index < -0.39 is 0 Å². The second-order valence-corrected chi connectivity index (χ2v) is 9.01. The summed E-state index contributed by atoms with van der Waals surface area (Å²) in [7, 11) is 0. The second-order valence-electron chi connectivity index (χ2n) is 9.01. The molecule has 9 nitrogen and oxygen atoms in total. The molecule has 2 aromatic rings. The largest absolute Gasteiger partial charge is 0.454 e. The number of carbonyl (C=O) groups is 1. The lowest BCUT2D eigenvalue weighted by atomic mass is 10.1. The smallest absolute Gasteiger partial charge is 0.257 e. The SMILES string of the molecule is O=C(c1cnn(C2(N3CCN(Cc4ccc5c(c4)OCO5)CC3)CC2)c1)N1CCOCC1. The lowest BCUT2D eigenvalue weighted by Crippen LogP contribution is -2.52. The number of fused-ring (bicyclic) bond motifs is 1. The first-order valence-corrected chi connectivity index (χ1v) is 11.5. The van der Waals surface area contributed by atoms with Gasteiger partial charge in [-0.2, -0.15) is 5.10 Å². The van der Waals surface area contributed by atoms with Gasteiger partial charge in [-0.05, 0) is 30.5 Å². The lowest BCUT2D eigenvalue weighted by Gasteiger charge is -2.39. The van der Waals surface area contributed by atoms with Crippen molar-refractivity contribution in [2.75, 3.05) is 59.3 Å². The Hall–Kier alpha value is -2.62. The van der Waals surface area contributed by atoms with Crippen LogP contribution >= 0.6 is 0 Å². The molecule has 1 aromatic carbocycles. The number of rotatable bonds is 5. The van der Waals surface area contributed by atoms with E-state index in [9.17, 15) is 4.79 Å². The molecule has 0 bridgehead atoms. The fourth-order valence-electron chi connectivity index (χ4n) is 5.03. The first-order chi connectivity index (χ1) is 15.7. The van der Waals surface area contributed by atoms with Gasteiger partial charge in [0, 0.05) is 52.0 Å². The summed E-state index contributed by atoms with van der Waals surface area (Å²) in [5.41, 5.74) is 1.87. The van der Waals surface area contributed by atoms with Crippen molar-refractivity contribution in [2.45, 2.75) is 25.0 Å². The van der Waals surface area contributed by atoms with Crippen LogP contribution in [0.5, 0.6) is 11.5 Å². The van der Waals surface area contributed by atoms with Gasteiger partial charge in [0.05, 0.1) is 25.0 Å². The van der Waals surface area contributed by atoms with Crippen LogP contribution in [0.2, 0.25) is 0 Å². The van der Waals surface area contributed by atoms with Crippen LogP contribution < -0.4 is 9.47 Å². The normalized spacial score (nSPS) is 22.8. The summed E-state index contributed by atoms with van der Waals surface area (Å²) in [6.07, 6.45) is 5.85. The van der Waals surface area contributed by atoms with Gasteiger partial charge in [-0.25, -0.2) is 0 Å². The molecule has 4 aliphatic rings. The van der Waals surface area contributed by atoms with Crippen molar-refractivity contribution in [1.29, 1.82) is 0 Å². The first-order valence-electron chi connectivity index (χ1n) is 11.5. The maximum Gasteiger partial charge on any atom is 0.257 e. The molecule has 1 aromatic heterocycles. The molecule has 6 rings (SSSR count). The Labute approximate surface area is 187 Å². The van der Waals surface area contributed by atoms with E-state index >= 15 is 0 Å². The Morgan fingerprint density at radius 1 is 1.00 bits per heavy atom. The maximum absolute atomic E-state index is 12.8. The molecule has 1 saturated carbocycles. The molecule has 3 fully saturated rings. The summed E-state index contributed by atoms with van der Waals surface area (Å²) >= 11 is 0. The van der Waals surface area contributed by atoms with Crippen molar-refractivity contribution in [3.8, 4) is 11.5 Å². The molecule has 3 aliphatic heterocycles. The van der Waals surface area contributed by atoms with Crippen LogP contribution in [0.15, 0.2) is 30.6 Å². The zero-order chi connectivity index (χ0) is 21.5. The Morgan fingerprint density at radius 2 is 1.78 bits per heavy atom. The predicted octanol–water partition coefficient (Wildman–Crippen LogP) is 1.35. The van der Waals surface area contributed by atoms with Crippen LogP contribution in [0.25, 0.3) is 0 Å². The molecule has 0 N–H and O–H groups in total. The minimum Gasteiger partial charge on any atom is -0.454 e. The number of amides is 1. The van der Waals surface area contributed by atoms with Gasteiger partial charge in [-0.15, -0.1) is 0 Å². The Morgan fingerprint density at radius 3 is 2.56 bits per heavy atom. The van der Waals surface area contributed by atoms with E-state index in [1.54, 1.807) is 6.20 Å². The summed E-state index contributed by atoms with van der Waals surface area (Å²) in [4.78, 5) is 19.7. The van der Waals surface area contributed by atoms with Gasteiger partial charge in [0.15, 0.2) is 11.5 Å². The van der Waals surface area contributed by atoms with E-state index in [0.717, 1.165) is 57.1 Å². The van der Waals surface area contributed by atoms with Crippen LogP contribution in [0.4, 0.5) is 0 Å². The molecule has 1 amide bonds. The van der Waals surface area contributed by atoms with Gasteiger partial charge < -0.3 is 19.1 Å². The summed E-state index contributed by atoms with van der Waals surface area (Å²) in [6.45, 7) is 7.77. The van der Waals surface area contributed by atoms with Gasteiger partial charge in [0.1, 0.15) is 5.66 Å². The predicted molar refractivity (Wildman–Crippen MR) is 116 cm³/mol. The minimum absolute atomic E-state index is 0.0592. The summed E-state index contributed by atoms with van der Waals surface area (Å²) in [5, 5.41) is 4.62. The average Bonchev–Trinajstić information content (AvgIpc) is 3.26. The van der Waals surface area contributed by atoms with Crippen molar-refractivity contribution in [2.24, 2.45) is 0 Å². The fourth-order valence-corrected chi connectivity index (χ4v) is 5.03. The molecule has 170 valence electrons. The number of carbonyl (C=O) groups excluding carboxylic acids is 1. The Bertz CT molecular complexity index is 990. The molecule has 0 spiro atoms. The molecule has 1 aliphatic carbocycles. The number of ether oxygens (including phenoxy) is 3. The van der Waals surface area contributed by atoms with Crippen molar-refractivity contribution in [1.82, 2.24) is 24.5 Å². The van der Waals surface area contributed by atoms with E-state index in [2.05, 4.69) is 27.0 Å². The average molecular weight is 440 g/mol. The highest BCUT2D eigenvalue weighted by Crippen LogP contribution is 2.46. The molecule has 2 saturated heterocycles. The standard InChI is InChI=1S/C23H29N5O4/c29-22(26-9-11-30-12-10-26)19-14-24-28(16-19)23(3-4-23)27-7-5-25(6-8-27)15-18-1-2-20-21(13-18)32-17-31-20/h1-2,13-14,16H,3-12,15,17H2. The third kappa shape index (κ3) is 3.64. The highest BCUT2D eigenvalue weighted by molar-refractivity contribution is 5.93. The Balaban J connectivity index is 1.07. The number of hydrogen-bond donors (Lipinski definition) is 0. The molecular weight excluding hydrogens is 410 g/mol. The van der Waals surface area contributed by atoms with Gasteiger partial charge >= 0.3 is 0 Å². The van der Waals surface area contributed by atoms with Crippen molar-refractivity contribution in [3.63, 3.8) is 0 Å². The zero-order valence-corrected chi connectivity index (χ0v) is 18.2. The molecule has 32 heavy (non-hydrogen) atoms. The van der Waals surface area contributed by atoms with Crippen molar-refractivity contribution >= 4 is 5.91 Å². The summed E-state index contributed by atoms with van der Waals surface area (Å²) in [6, 6.07) is 6.22. The van der Waals surface area contributed by atoms with Crippen LogP contribution in [-0.4, -0.2) is 89.7 Å². The van der Waals surface area contributed by atoms with E-state index in [1.165, 1.54) is 5.56 Å². The van der Waals surface area contributed by atoms with Crippen molar-refractivity contribution < 1.29 is 19.0 Å².